The van der Waals surface area contributed by atoms with Gasteiger partial charge in [0.25, 0.3) is 0 Å². The van der Waals surface area contributed by atoms with Crippen LogP contribution in [0.3, 0.4) is 0 Å². The second-order valence-corrected chi connectivity index (χ2v) is 9.71. The molecule has 0 atom stereocenters. The van der Waals surface area contributed by atoms with Gasteiger partial charge in [0.15, 0.2) is 0 Å². The maximum atomic E-state index is 9.87. The molecule has 10 nitrogen and oxygen atoms in total. The summed E-state index contributed by atoms with van der Waals surface area (Å²) >= 11 is 9.92. The molecule has 0 aromatic carbocycles. The van der Waals surface area contributed by atoms with Crippen LogP contribution in [0.4, 0.5) is 25.2 Å². The molecule has 2 aromatic heterocycles. The van der Waals surface area contributed by atoms with E-state index in [1.54, 1.807) is 47.0 Å². The first-order chi connectivity index (χ1) is 16.7. The van der Waals surface area contributed by atoms with Gasteiger partial charge >= 0.3 is 50.1 Å². The second-order valence-electron chi connectivity index (χ2n) is 7.06. The summed E-state index contributed by atoms with van der Waals surface area (Å²) in [5.41, 5.74) is 2.77. The van der Waals surface area contributed by atoms with E-state index in [0.717, 1.165) is 0 Å². The van der Waals surface area contributed by atoms with Gasteiger partial charge in [-0.2, -0.15) is 20.4 Å². The maximum absolute atomic E-state index is 10.7. The van der Waals surface area contributed by atoms with Crippen LogP contribution < -0.4 is 0 Å². The van der Waals surface area contributed by atoms with E-state index in [4.69, 9.17) is 25.3 Å². The molecule has 0 saturated carbocycles. The summed E-state index contributed by atoms with van der Waals surface area (Å²) in [4.78, 5) is 19.5. The van der Waals surface area contributed by atoms with E-state index in [1.165, 1.54) is 0 Å². The fraction of sp³-hybridized carbons (Fsp3) is 0.333. The Morgan fingerprint density at radius 2 is 0.947 bits per heavy atom. The van der Waals surface area contributed by atoms with E-state index in [-0.39, 0.29) is 17.1 Å². The number of halogens is 6. The first-order valence-corrected chi connectivity index (χ1v) is 12.5. The Kier molecular flexibility index (Phi) is 14.9. The normalized spacial score (nSPS) is 14.3. The average Bonchev–Trinajstić information content (AvgIpc) is 2.79. The van der Waals surface area contributed by atoms with E-state index < -0.39 is 7.81 Å². The van der Waals surface area contributed by atoms with Crippen LogP contribution in [0.5, 0.6) is 0 Å². The summed E-state index contributed by atoms with van der Waals surface area (Å²) in [5.74, 6) is 0. The van der Waals surface area contributed by atoms with Crippen molar-refractivity contribution < 1.29 is 42.3 Å². The maximum Gasteiger partial charge on any atom is 3.00 e. The Hall–Kier alpha value is -2.59. The fourth-order valence-electron chi connectivity index (χ4n) is 1.49. The molecular formula is C18H24F6FeN10PS2. The third-order valence-corrected chi connectivity index (χ3v) is 4.10. The van der Waals surface area contributed by atoms with Gasteiger partial charge in [-0.05, 0) is 13.8 Å². The minimum atomic E-state index is -10.7. The van der Waals surface area contributed by atoms with Crippen molar-refractivity contribution in [2.24, 2.45) is 20.4 Å². The monoisotopic (exact) mass is 645 g/mol. The van der Waals surface area contributed by atoms with Gasteiger partial charge in [-0.1, -0.05) is 0 Å². The second kappa shape index (κ2) is 15.1. The zero-order valence-corrected chi connectivity index (χ0v) is 24.5. The van der Waals surface area contributed by atoms with Crippen LogP contribution in [-0.2, 0) is 42.3 Å². The van der Waals surface area contributed by atoms with E-state index >= 15 is 0 Å². The number of nitrogens with zero attached hydrogens (tertiary/aromatic N) is 10. The predicted molar refractivity (Wildman–Crippen MR) is 139 cm³/mol. The van der Waals surface area contributed by atoms with Gasteiger partial charge in [-0.25, -0.2) is 0 Å². The molecule has 0 N–H and O–H groups in total. The molecule has 213 valence electrons. The van der Waals surface area contributed by atoms with Gasteiger partial charge in [-0.15, -0.1) is 0 Å². The number of amidine groups is 2. The largest absolute Gasteiger partial charge is 3.00 e. The predicted octanol–water partition coefficient (Wildman–Crippen LogP) is 4.71. The Morgan fingerprint density at radius 3 is 1.16 bits per heavy atom. The van der Waals surface area contributed by atoms with Crippen LogP contribution in [0.25, 0.3) is 0 Å². The molecule has 2 aromatic rings. The standard InChI is InChI=1S/2C9H13N5S.F6P.Fe/c2*1-7(8-6-10-4-5-11-8)12-13-9(15)14(2)3;1-7(2,3,4,5)6;/h2*4-6H,1-3H3,(H,13,15);;/q;;-1;+3/p-2/b2*12-7+;;. The molecule has 2 rings (SSSR count). The molecule has 0 aliphatic rings. The van der Waals surface area contributed by atoms with Crippen LogP contribution in [0.2, 0.25) is 0 Å². The Bertz CT molecular complexity index is 1030. The topological polar surface area (TPSA) is 107 Å². The summed E-state index contributed by atoms with van der Waals surface area (Å²) in [5, 5.41) is 16.6. The summed E-state index contributed by atoms with van der Waals surface area (Å²) in [6.07, 6.45) is 9.70. The smallest absolute Gasteiger partial charge is 3.00 e. The first kappa shape index (κ1) is 37.6. The molecule has 0 unspecified atom stereocenters. The minimum Gasteiger partial charge on any atom is 3.00 e. The summed E-state index contributed by atoms with van der Waals surface area (Å²) in [7, 11) is -3.38. The van der Waals surface area contributed by atoms with E-state index in [1.807, 2.05) is 42.0 Å². The Labute approximate surface area is 237 Å². The molecule has 0 aliphatic carbocycles. The van der Waals surface area contributed by atoms with Gasteiger partial charge in [0, 0.05) is 63.3 Å². The van der Waals surface area contributed by atoms with Crippen molar-refractivity contribution in [1.29, 1.82) is 0 Å². The van der Waals surface area contributed by atoms with Gasteiger partial charge in [0.1, 0.15) is 11.4 Å². The number of hydrogen-bond donors (Lipinski definition) is 0. The van der Waals surface area contributed by atoms with Crippen molar-refractivity contribution in [3.05, 3.63) is 48.6 Å². The third-order valence-electron chi connectivity index (χ3n) is 3.20. The zero-order chi connectivity index (χ0) is 28.9. The van der Waals surface area contributed by atoms with E-state index in [9.17, 15) is 25.2 Å². The summed E-state index contributed by atoms with van der Waals surface area (Å²) < 4.78 is 59.2. The van der Waals surface area contributed by atoms with Crippen LogP contribution in [0.1, 0.15) is 25.2 Å². The van der Waals surface area contributed by atoms with Gasteiger partial charge < -0.3 is 35.1 Å². The van der Waals surface area contributed by atoms with Crippen molar-refractivity contribution in [2.75, 3.05) is 28.2 Å². The van der Waals surface area contributed by atoms with Crippen molar-refractivity contribution in [3.8, 4) is 0 Å². The molecule has 38 heavy (non-hydrogen) atoms. The quantitative estimate of drug-likeness (QED) is 0.0896. The molecule has 0 spiro atoms. The molecule has 20 heteroatoms. The molecule has 0 amide bonds. The molecule has 0 fully saturated rings. The third kappa shape index (κ3) is 22.6. The molecule has 2 heterocycles. The number of aromatic nitrogens is 4. The van der Waals surface area contributed by atoms with Crippen LogP contribution in [-0.4, -0.2) is 79.7 Å². The number of rotatable bonds is 4. The fourth-order valence-corrected chi connectivity index (χ4v) is 1.57. The van der Waals surface area contributed by atoms with Gasteiger partial charge in [-0.3, -0.25) is 19.9 Å². The zero-order valence-electron chi connectivity index (χ0n) is 20.8. The molecular weight excluding hydrogens is 621 g/mol. The van der Waals surface area contributed by atoms with Crippen molar-refractivity contribution >= 4 is 54.8 Å². The molecule has 0 bridgehead atoms. The molecule has 0 aliphatic heterocycles. The SMILES string of the molecule is C/C(=N\N=C(/[S-])N(C)C)c1cnccn1.C/C(=N\N=C(/[S-])N(C)C)c1cnccn1.F[P-](F)(F)(F)(F)F.[Fe+3]. The Morgan fingerprint density at radius 1 is 0.658 bits per heavy atom. The number of hydrogen-bond acceptors (Lipinski definition) is 10. The van der Waals surface area contributed by atoms with Crippen LogP contribution in [0.15, 0.2) is 57.6 Å². The van der Waals surface area contributed by atoms with E-state index in [2.05, 4.69) is 40.3 Å². The molecule has 1 radical (unpaired) electrons. The Balaban J connectivity index is 0. The van der Waals surface area contributed by atoms with Gasteiger partial charge in [0.05, 0.1) is 23.8 Å². The summed E-state index contributed by atoms with van der Waals surface area (Å²) in [6, 6.07) is 0. The van der Waals surface area contributed by atoms with Crippen LogP contribution in [0, 0.1) is 0 Å². The van der Waals surface area contributed by atoms with Crippen LogP contribution >= 0.6 is 7.81 Å². The minimum absolute atomic E-state index is 0. The van der Waals surface area contributed by atoms with Crippen molar-refractivity contribution in [2.45, 2.75) is 13.8 Å². The average molecular weight is 645 g/mol. The van der Waals surface area contributed by atoms with Crippen molar-refractivity contribution in [1.82, 2.24) is 29.7 Å². The van der Waals surface area contributed by atoms with Gasteiger partial charge in [0.2, 0.25) is 0 Å². The summed E-state index contributed by atoms with van der Waals surface area (Å²) in [6.45, 7) is 3.62. The first-order valence-electron chi connectivity index (χ1n) is 9.69. The molecule has 0 saturated heterocycles. The van der Waals surface area contributed by atoms with E-state index in [0.29, 0.717) is 33.1 Å². The van der Waals surface area contributed by atoms with Crippen molar-refractivity contribution in [3.63, 3.8) is 0 Å².